The van der Waals surface area contributed by atoms with Crippen molar-refractivity contribution in [3.8, 4) is 22.9 Å². The van der Waals surface area contributed by atoms with Gasteiger partial charge < -0.3 is 9.84 Å². The summed E-state index contributed by atoms with van der Waals surface area (Å²) in [4.78, 5) is 3.95. The summed E-state index contributed by atoms with van der Waals surface area (Å²) in [5.41, 5.74) is -0.227. The number of fused-ring (bicyclic) bond motifs is 1. The van der Waals surface area contributed by atoms with Gasteiger partial charge in [0.15, 0.2) is 0 Å². The van der Waals surface area contributed by atoms with E-state index in [0.717, 1.165) is 12.1 Å². The SMILES string of the molecule is COc1cc(C(F)(F)F)ccc1-c1nnc(O)c2ccncc12. The van der Waals surface area contributed by atoms with Gasteiger partial charge in [0, 0.05) is 23.3 Å². The molecule has 5 nitrogen and oxygen atoms in total. The van der Waals surface area contributed by atoms with Crippen molar-refractivity contribution in [3.63, 3.8) is 0 Å². The second-order valence-electron chi connectivity index (χ2n) is 4.71. The molecule has 0 amide bonds. The van der Waals surface area contributed by atoms with Crippen LogP contribution < -0.4 is 4.74 Å². The van der Waals surface area contributed by atoms with E-state index in [4.69, 9.17) is 4.74 Å². The molecule has 2 aromatic heterocycles. The third-order valence-corrected chi connectivity index (χ3v) is 3.35. The summed E-state index contributed by atoms with van der Waals surface area (Å²) in [5.74, 6) is -0.276. The van der Waals surface area contributed by atoms with Gasteiger partial charge in [-0.05, 0) is 24.3 Å². The smallest absolute Gasteiger partial charge is 0.416 e. The molecule has 23 heavy (non-hydrogen) atoms. The van der Waals surface area contributed by atoms with Gasteiger partial charge in [0.05, 0.1) is 18.1 Å². The topological polar surface area (TPSA) is 68.1 Å². The Hall–Kier alpha value is -2.90. The molecule has 1 N–H and O–H groups in total. The van der Waals surface area contributed by atoms with E-state index in [1.54, 1.807) is 6.07 Å². The van der Waals surface area contributed by atoms with Crippen molar-refractivity contribution in [2.75, 3.05) is 7.11 Å². The summed E-state index contributed by atoms with van der Waals surface area (Å²) in [6.07, 6.45) is -1.55. The van der Waals surface area contributed by atoms with Crippen LogP contribution in [0.1, 0.15) is 5.56 Å². The highest BCUT2D eigenvalue weighted by atomic mass is 19.4. The molecule has 3 rings (SSSR count). The molecule has 0 atom stereocenters. The first-order valence-corrected chi connectivity index (χ1v) is 6.47. The molecule has 0 unspecified atom stereocenters. The lowest BCUT2D eigenvalue weighted by Crippen LogP contribution is -2.05. The van der Waals surface area contributed by atoms with Crippen LogP contribution in [0.25, 0.3) is 22.0 Å². The molecular weight excluding hydrogens is 311 g/mol. The Kier molecular flexibility index (Phi) is 3.51. The van der Waals surface area contributed by atoms with E-state index in [-0.39, 0.29) is 17.3 Å². The molecule has 0 saturated heterocycles. The van der Waals surface area contributed by atoms with Crippen LogP contribution in [0.3, 0.4) is 0 Å². The van der Waals surface area contributed by atoms with Crippen molar-refractivity contribution in [2.45, 2.75) is 6.18 Å². The Morgan fingerprint density at radius 3 is 2.57 bits per heavy atom. The minimum Gasteiger partial charge on any atom is -0.496 e. The average Bonchev–Trinajstić information content (AvgIpc) is 2.54. The highest BCUT2D eigenvalue weighted by molar-refractivity contribution is 5.97. The van der Waals surface area contributed by atoms with Gasteiger partial charge in [0.2, 0.25) is 5.88 Å². The zero-order chi connectivity index (χ0) is 16.6. The van der Waals surface area contributed by atoms with Crippen molar-refractivity contribution in [1.82, 2.24) is 15.2 Å². The zero-order valence-electron chi connectivity index (χ0n) is 11.8. The quantitative estimate of drug-likeness (QED) is 0.783. The van der Waals surface area contributed by atoms with Crippen LogP contribution in [0, 0.1) is 0 Å². The number of ether oxygens (including phenoxy) is 1. The van der Waals surface area contributed by atoms with E-state index in [2.05, 4.69) is 15.2 Å². The predicted octanol–water partition coefficient (Wildman–Crippen LogP) is 3.42. The normalized spacial score (nSPS) is 11.7. The van der Waals surface area contributed by atoms with Gasteiger partial charge in [0.25, 0.3) is 0 Å². The van der Waals surface area contributed by atoms with Crippen LogP contribution in [0.15, 0.2) is 36.7 Å². The van der Waals surface area contributed by atoms with Crippen molar-refractivity contribution < 1.29 is 23.0 Å². The summed E-state index contributed by atoms with van der Waals surface area (Å²) in [6, 6.07) is 4.63. The largest absolute Gasteiger partial charge is 0.496 e. The third kappa shape index (κ3) is 2.63. The molecule has 0 aliphatic carbocycles. The maximum atomic E-state index is 12.8. The van der Waals surface area contributed by atoms with Gasteiger partial charge in [-0.2, -0.15) is 13.2 Å². The maximum Gasteiger partial charge on any atom is 0.416 e. The molecule has 0 aliphatic heterocycles. The molecule has 0 fully saturated rings. The number of hydrogen-bond donors (Lipinski definition) is 1. The van der Waals surface area contributed by atoms with Crippen LogP contribution in [0.2, 0.25) is 0 Å². The van der Waals surface area contributed by atoms with E-state index < -0.39 is 11.7 Å². The molecule has 1 aromatic carbocycles. The summed E-state index contributed by atoms with van der Waals surface area (Å²) in [5, 5.41) is 18.1. The number of rotatable bonds is 2. The molecule has 118 valence electrons. The van der Waals surface area contributed by atoms with Crippen molar-refractivity contribution in [2.24, 2.45) is 0 Å². The van der Waals surface area contributed by atoms with E-state index in [9.17, 15) is 18.3 Å². The van der Waals surface area contributed by atoms with E-state index >= 15 is 0 Å². The van der Waals surface area contributed by atoms with E-state index in [1.165, 1.54) is 25.6 Å². The number of benzene rings is 1. The number of pyridine rings is 1. The fraction of sp³-hybridized carbons (Fsp3) is 0.133. The Labute approximate surface area is 128 Å². The van der Waals surface area contributed by atoms with Gasteiger partial charge in [0.1, 0.15) is 11.4 Å². The maximum absolute atomic E-state index is 12.8. The minimum atomic E-state index is -4.48. The molecular formula is C15H10F3N3O2. The number of alkyl halides is 3. The van der Waals surface area contributed by atoms with Crippen molar-refractivity contribution >= 4 is 10.8 Å². The third-order valence-electron chi connectivity index (χ3n) is 3.35. The molecule has 8 heteroatoms. The van der Waals surface area contributed by atoms with Crippen LogP contribution in [0.4, 0.5) is 13.2 Å². The summed E-state index contributed by atoms with van der Waals surface area (Å²) >= 11 is 0. The van der Waals surface area contributed by atoms with Gasteiger partial charge in [-0.3, -0.25) is 4.98 Å². The number of hydrogen-bond acceptors (Lipinski definition) is 5. The first-order valence-electron chi connectivity index (χ1n) is 6.47. The summed E-state index contributed by atoms with van der Waals surface area (Å²) in [6.45, 7) is 0. The fourth-order valence-electron chi connectivity index (χ4n) is 2.25. The standard InChI is InChI=1S/C15H10F3N3O2/c1-23-12-6-8(15(16,17)18)2-3-10(12)13-11-7-19-5-4-9(11)14(22)21-20-13/h2-7H,1H3,(H,21,22). The first kappa shape index (κ1) is 15.0. The first-order chi connectivity index (χ1) is 10.9. The summed E-state index contributed by atoms with van der Waals surface area (Å²) < 4.78 is 43.5. The van der Waals surface area contributed by atoms with Crippen molar-refractivity contribution in [1.29, 1.82) is 0 Å². The fourth-order valence-corrected chi connectivity index (χ4v) is 2.25. The highest BCUT2D eigenvalue weighted by Crippen LogP contribution is 2.38. The number of aromatic hydroxyl groups is 1. The average molecular weight is 321 g/mol. The van der Waals surface area contributed by atoms with Crippen LogP contribution in [-0.2, 0) is 6.18 Å². The molecule has 0 aliphatic rings. The lowest BCUT2D eigenvalue weighted by Gasteiger charge is -2.13. The highest BCUT2D eigenvalue weighted by Gasteiger charge is 2.31. The van der Waals surface area contributed by atoms with E-state index in [1.807, 2.05) is 0 Å². The molecule has 3 aromatic rings. The Balaban J connectivity index is 2.25. The monoisotopic (exact) mass is 321 g/mol. The second kappa shape index (κ2) is 5.38. The zero-order valence-corrected chi connectivity index (χ0v) is 11.8. The van der Waals surface area contributed by atoms with Gasteiger partial charge >= 0.3 is 6.18 Å². The number of nitrogens with zero attached hydrogens (tertiary/aromatic N) is 3. The van der Waals surface area contributed by atoms with Crippen LogP contribution in [-0.4, -0.2) is 27.4 Å². The molecule has 0 radical (unpaired) electrons. The number of halogens is 3. The van der Waals surface area contributed by atoms with E-state index in [0.29, 0.717) is 16.3 Å². The molecule has 0 spiro atoms. The van der Waals surface area contributed by atoms with Gasteiger partial charge in [-0.25, -0.2) is 0 Å². The Morgan fingerprint density at radius 1 is 1.09 bits per heavy atom. The van der Waals surface area contributed by atoms with Crippen molar-refractivity contribution in [3.05, 3.63) is 42.2 Å². The Morgan fingerprint density at radius 2 is 1.87 bits per heavy atom. The molecule has 0 saturated carbocycles. The molecule has 2 heterocycles. The lowest BCUT2D eigenvalue weighted by molar-refractivity contribution is -0.137. The lowest BCUT2D eigenvalue weighted by atomic mass is 10.0. The van der Waals surface area contributed by atoms with Crippen LogP contribution in [0.5, 0.6) is 11.6 Å². The predicted molar refractivity (Wildman–Crippen MR) is 76.0 cm³/mol. The van der Waals surface area contributed by atoms with Gasteiger partial charge in [-0.15, -0.1) is 10.2 Å². The number of methoxy groups -OCH3 is 1. The molecule has 0 bridgehead atoms. The number of aromatic nitrogens is 3. The van der Waals surface area contributed by atoms with Gasteiger partial charge in [-0.1, -0.05) is 0 Å². The second-order valence-corrected chi connectivity index (χ2v) is 4.71. The van der Waals surface area contributed by atoms with Crippen LogP contribution >= 0.6 is 0 Å². The summed E-state index contributed by atoms with van der Waals surface area (Å²) in [7, 11) is 1.27. The Bertz CT molecular complexity index is 881. The minimum absolute atomic E-state index is 0.00460.